The fourth-order valence-corrected chi connectivity index (χ4v) is 2.62. The molecule has 0 bridgehead atoms. The van der Waals surface area contributed by atoms with Gasteiger partial charge in [-0.2, -0.15) is 0 Å². The summed E-state index contributed by atoms with van der Waals surface area (Å²) in [4.78, 5) is 12.1. The van der Waals surface area contributed by atoms with Crippen molar-refractivity contribution in [3.63, 3.8) is 0 Å². The number of nitrogens with one attached hydrogen (secondary N) is 1. The number of amides is 1. The van der Waals surface area contributed by atoms with E-state index in [2.05, 4.69) is 19.2 Å². The molecule has 112 valence electrons. The number of thiophene rings is 1. The second-order valence-corrected chi connectivity index (χ2v) is 6.07. The van der Waals surface area contributed by atoms with Gasteiger partial charge in [-0.15, -0.1) is 11.3 Å². The van der Waals surface area contributed by atoms with Crippen LogP contribution in [-0.4, -0.2) is 18.6 Å². The standard InChI is InChI=1S/C16H20N2O2S/c1-11-3-5-14(6-4-11)20-9-12(2)18-8-15-7-13(10-21-15)16(17)19/h3-7,10,12,18H,8-9H2,1-2H3,(H2,17,19). The zero-order valence-corrected chi connectivity index (χ0v) is 13.1. The smallest absolute Gasteiger partial charge is 0.249 e. The van der Waals surface area contributed by atoms with Crippen LogP contribution in [0.4, 0.5) is 0 Å². The molecule has 1 aromatic heterocycles. The average molecular weight is 304 g/mol. The van der Waals surface area contributed by atoms with Crippen molar-refractivity contribution in [1.29, 1.82) is 0 Å². The Morgan fingerprint density at radius 2 is 2.10 bits per heavy atom. The number of hydrogen-bond acceptors (Lipinski definition) is 4. The maximum atomic E-state index is 11.0. The minimum atomic E-state index is -0.381. The maximum Gasteiger partial charge on any atom is 0.249 e. The number of carbonyl (C=O) groups excluding carboxylic acids is 1. The highest BCUT2D eigenvalue weighted by Gasteiger charge is 2.07. The minimum absolute atomic E-state index is 0.213. The molecular weight excluding hydrogens is 284 g/mol. The molecule has 0 radical (unpaired) electrons. The number of primary amides is 1. The Balaban J connectivity index is 1.75. The second kappa shape index (κ2) is 7.24. The van der Waals surface area contributed by atoms with E-state index in [1.165, 1.54) is 16.9 Å². The van der Waals surface area contributed by atoms with Gasteiger partial charge in [0.05, 0.1) is 5.56 Å². The van der Waals surface area contributed by atoms with E-state index in [1.807, 2.05) is 30.3 Å². The predicted octanol–water partition coefficient (Wildman–Crippen LogP) is 2.71. The molecule has 1 unspecified atom stereocenters. The molecule has 0 saturated carbocycles. The summed E-state index contributed by atoms with van der Waals surface area (Å²) in [5.41, 5.74) is 7.02. The fraction of sp³-hybridized carbons (Fsp3) is 0.312. The highest BCUT2D eigenvalue weighted by Crippen LogP contribution is 2.14. The van der Waals surface area contributed by atoms with Crippen molar-refractivity contribution in [2.24, 2.45) is 5.73 Å². The number of aryl methyl sites for hydroxylation is 1. The topological polar surface area (TPSA) is 64.3 Å². The summed E-state index contributed by atoms with van der Waals surface area (Å²) in [5, 5.41) is 5.15. The number of carbonyl (C=O) groups is 1. The Kier molecular flexibility index (Phi) is 5.36. The van der Waals surface area contributed by atoms with Crippen LogP contribution in [-0.2, 0) is 6.54 Å². The van der Waals surface area contributed by atoms with Gasteiger partial charge >= 0.3 is 0 Å². The molecule has 21 heavy (non-hydrogen) atoms. The quantitative estimate of drug-likeness (QED) is 0.826. The first-order valence-electron chi connectivity index (χ1n) is 6.84. The SMILES string of the molecule is Cc1ccc(OCC(C)NCc2cc(C(N)=O)cs2)cc1. The Bertz CT molecular complexity index is 593. The van der Waals surface area contributed by atoms with Crippen molar-refractivity contribution in [1.82, 2.24) is 5.32 Å². The van der Waals surface area contributed by atoms with Crippen LogP contribution in [0.3, 0.4) is 0 Å². The molecule has 0 aliphatic carbocycles. The largest absolute Gasteiger partial charge is 0.492 e. The van der Waals surface area contributed by atoms with Gasteiger partial charge in [0, 0.05) is 22.8 Å². The van der Waals surface area contributed by atoms with Crippen molar-refractivity contribution < 1.29 is 9.53 Å². The lowest BCUT2D eigenvalue weighted by Gasteiger charge is -2.14. The van der Waals surface area contributed by atoms with E-state index in [1.54, 1.807) is 5.38 Å². The monoisotopic (exact) mass is 304 g/mol. The molecule has 0 fully saturated rings. The average Bonchev–Trinajstić information content (AvgIpc) is 2.93. The first-order valence-corrected chi connectivity index (χ1v) is 7.72. The van der Waals surface area contributed by atoms with Gasteiger partial charge in [0.1, 0.15) is 12.4 Å². The van der Waals surface area contributed by atoms with Gasteiger partial charge in [-0.05, 0) is 32.0 Å². The first kappa shape index (κ1) is 15.5. The first-order chi connectivity index (χ1) is 10.0. The molecule has 1 amide bonds. The van der Waals surface area contributed by atoms with Crippen molar-refractivity contribution in [3.05, 3.63) is 51.7 Å². The third-order valence-electron chi connectivity index (χ3n) is 3.08. The van der Waals surface area contributed by atoms with Crippen molar-refractivity contribution >= 4 is 17.2 Å². The van der Waals surface area contributed by atoms with Gasteiger partial charge in [-0.1, -0.05) is 17.7 Å². The molecule has 0 aliphatic rings. The Morgan fingerprint density at radius 1 is 1.38 bits per heavy atom. The molecule has 5 heteroatoms. The summed E-state index contributed by atoms with van der Waals surface area (Å²) < 4.78 is 5.72. The Morgan fingerprint density at radius 3 is 2.71 bits per heavy atom. The normalized spacial score (nSPS) is 12.1. The van der Waals surface area contributed by atoms with E-state index < -0.39 is 0 Å². The summed E-state index contributed by atoms with van der Waals surface area (Å²) in [7, 11) is 0. The number of hydrogen-bond donors (Lipinski definition) is 2. The molecular formula is C16H20N2O2S. The minimum Gasteiger partial charge on any atom is -0.492 e. The third kappa shape index (κ3) is 4.88. The van der Waals surface area contributed by atoms with Crippen molar-refractivity contribution in [3.8, 4) is 5.75 Å². The fourth-order valence-electron chi connectivity index (χ4n) is 1.79. The second-order valence-electron chi connectivity index (χ2n) is 5.07. The molecule has 2 rings (SSSR count). The summed E-state index contributed by atoms with van der Waals surface area (Å²) in [6, 6.07) is 10.1. The molecule has 3 N–H and O–H groups in total. The third-order valence-corrected chi connectivity index (χ3v) is 4.02. The van der Waals surface area contributed by atoms with Crippen molar-refractivity contribution in [2.45, 2.75) is 26.4 Å². The van der Waals surface area contributed by atoms with Gasteiger partial charge in [-0.3, -0.25) is 4.79 Å². The highest BCUT2D eigenvalue weighted by molar-refractivity contribution is 7.10. The van der Waals surface area contributed by atoms with E-state index in [4.69, 9.17) is 10.5 Å². The molecule has 4 nitrogen and oxygen atoms in total. The summed E-state index contributed by atoms with van der Waals surface area (Å²) in [5.74, 6) is 0.495. The molecule has 0 aliphatic heterocycles. The molecule has 0 spiro atoms. The van der Waals surface area contributed by atoms with Crippen LogP contribution in [0.5, 0.6) is 5.75 Å². The van der Waals surface area contributed by atoms with Crippen LogP contribution in [0.15, 0.2) is 35.7 Å². The van der Waals surface area contributed by atoms with Gasteiger partial charge in [-0.25, -0.2) is 0 Å². The van der Waals surface area contributed by atoms with E-state index >= 15 is 0 Å². The predicted molar refractivity (Wildman–Crippen MR) is 85.8 cm³/mol. The molecule has 0 saturated heterocycles. The van der Waals surface area contributed by atoms with Crippen LogP contribution in [0, 0.1) is 6.92 Å². The van der Waals surface area contributed by atoms with Crippen molar-refractivity contribution in [2.75, 3.05) is 6.61 Å². The van der Waals surface area contributed by atoms with Crippen LogP contribution in [0.2, 0.25) is 0 Å². The number of nitrogens with two attached hydrogens (primary N) is 1. The van der Waals surface area contributed by atoms with Gasteiger partial charge < -0.3 is 15.8 Å². The van der Waals surface area contributed by atoms with Crippen LogP contribution < -0.4 is 15.8 Å². The molecule has 1 heterocycles. The number of rotatable bonds is 7. The molecule has 2 aromatic rings. The maximum absolute atomic E-state index is 11.0. The number of ether oxygens (including phenoxy) is 1. The van der Waals surface area contributed by atoms with E-state index in [0.717, 1.165) is 10.6 Å². The van der Waals surface area contributed by atoms with E-state index in [0.29, 0.717) is 18.7 Å². The summed E-state index contributed by atoms with van der Waals surface area (Å²) >= 11 is 1.53. The molecule has 1 aromatic carbocycles. The Hall–Kier alpha value is -1.85. The van der Waals surface area contributed by atoms with Crippen LogP contribution in [0.1, 0.15) is 27.7 Å². The number of benzene rings is 1. The summed E-state index contributed by atoms with van der Waals surface area (Å²) in [6.07, 6.45) is 0. The lowest BCUT2D eigenvalue weighted by Crippen LogP contribution is -2.31. The van der Waals surface area contributed by atoms with Crippen LogP contribution >= 0.6 is 11.3 Å². The Labute approximate surface area is 128 Å². The zero-order chi connectivity index (χ0) is 15.2. The van der Waals surface area contributed by atoms with Gasteiger partial charge in [0.2, 0.25) is 5.91 Å². The van der Waals surface area contributed by atoms with E-state index in [9.17, 15) is 4.79 Å². The van der Waals surface area contributed by atoms with Crippen LogP contribution in [0.25, 0.3) is 0 Å². The molecule has 1 atom stereocenters. The summed E-state index contributed by atoms with van der Waals surface area (Å²) in [6.45, 7) is 5.42. The van der Waals surface area contributed by atoms with Gasteiger partial charge in [0.25, 0.3) is 0 Å². The lowest BCUT2D eigenvalue weighted by atomic mass is 10.2. The lowest BCUT2D eigenvalue weighted by molar-refractivity contribution is 0.100. The van der Waals surface area contributed by atoms with Gasteiger partial charge in [0.15, 0.2) is 0 Å². The highest BCUT2D eigenvalue weighted by atomic mass is 32.1. The van der Waals surface area contributed by atoms with E-state index in [-0.39, 0.29) is 11.9 Å². The zero-order valence-electron chi connectivity index (χ0n) is 12.3.